The molecule has 1 aliphatic carbocycles. The zero-order valence-electron chi connectivity index (χ0n) is 34.4. The number of halogens is 2. The van der Waals surface area contributed by atoms with Crippen LogP contribution in [0, 0.1) is 5.82 Å². The molecule has 20 heteroatoms. The quantitative estimate of drug-likeness (QED) is 0.0908. The Morgan fingerprint density at radius 1 is 0.984 bits per heavy atom. The van der Waals surface area contributed by atoms with Crippen molar-refractivity contribution >= 4 is 59.1 Å². The van der Waals surface area contributed by atoms with Crippen molar-refractivity contribution in [3.05, 3.63) is 82.1 Å². The summed E-state index contributed by atoms with van der Waals surface area (Å²) in [4.78, 5) is 89.8. The molecule has 0 spiro atoms. The molecule has 3 N–H and O–H groups in total. The van der Waals surface area contributed by atoms with Crippen molar-refractivity contribution < 1.29 is 56.9 Å². The lowest BCUT2D eigenvalue weighted by Gasteiger charge is -2.35. The molecule has 1 aromatic heterocycles. The summed E-state index contributed by atoms with van der Waals surface area (Å²) < 4.78 is 47.8. The summed E-state index contributed by atoms with van der Waals surface area (Å²) in [7, 11) is 1.63. The molecule has 0 radical (unpaired) electrons. The number of hydrogen-bond acceptors (Lipinski definition) is 14. The standard InChI is InChI=1S/C43H46F2N8O10/c1-3-34(56)51-13-15-52(16-14-51)39-29-24-28(36-30(44)5-4-6-32(36)54)37(45)38(29)48-43(49-39)46-12-11-35(57)50(2)17-18-61-19-20-62-21-22-63-25-7-8-26-27(23-25)42(60)53(41(26)59)31-9-10-33(55)47-40(31)58/h3-8,23-24,28,31,54H,1,9-22H2,2H3,(H,46,48)(H,47,55,58). The molecule has 2 aromatic carbocycles. The molecule has 2 saturated heterocycles. The van der Waals surface area contributed by atoms with Gasteiger partial charge >= 0.3 is 0 Å². The Morgan fingerprint density at radius 2 is 1.71 bits per heavy atom. The molecule has 63 heavy (non-hydrogen) atoms. The number of nitrogens with zero attached hydrogens (tertiary/aromatic N) is 6. The lowest BCUT2D eigenvalue weighted by atomic mass is 9.98. The van der Waals surface area contributed by atoms with E-state index < -0.39 is 53.0 Å². The molecule has 0 bridgehead atoms. The van der Waals surface area contributed by atoms with E-state index in [9.17, 15) is 38.3 Å². The highest BCUT2D eigenvalue weighted by Crippen LogP contribution is 2.37. The second-order valence-corrected chi connectivity index (χ2v) is 15.0. The maximum atomic E-state index is 16.1. The number of carbonyl (C=O) groups excluding carboxylic acids is 6. The van der Waals surface area contributed by atoms with E-state index in [4.69, 9.17) is 14.2 Å². The lowest BCUT2D eigenvalue weighted by molar-refractivity contribution is -0.136. The molecule has 2 atom stereocenters. The van der Waals surface area contributed by atoms with Gasteiger partial charge in [-0.15, -0.1) is 0 Å². The second-order valence-electron chi connectivity index (χ2n) is 15.0. The van der Waals surface area contributed by atoms with Gasteiger partial charge in [-0.3, -0.25) is 39.0 Å². The summed E-state index contributed by atoms with van der Waals surface area (Å²) in [6, 6.07) is 7.14. The first kappa shape index (κ1) is 44.3. The van der Waals surface area contributed by atoms with Gasteiger partial charge in [-0.2, -0.15) is 4.98 Å². The molecule has 2 fully saturated rings. The first-order valence-corrected chi connectivity index (χ1v) is 20.4. The summed E-state index contributed by atoms with van der Waals surface area (Å²) >= 11 is 0. The molecule has 4 heterocycles. The predicted octanol–water partition coefficient (Wildman–Crippen LogP) is 0.585. The van der Waals surface area contributed by atoms with Crippen LogP contribution < -0.4 is 30.8 Å². The van der Waals surface area contributed by atoms with Gasteiger partial charge in [-0.25, -0.2) is 13.8 Å². The second kappa shape index (κ2) is 19.5. The Labute approximate surface area is 359 Å². The topological polar surface area (TPSA) is 213 Å². The van der Waals surface area contributed by atoms with Crippen molar-refractivity contribution in [3.8, 4) is 11.5 Å². The van der Waals surface area contributed by atoms with Crippen LogP contribution in [0.1, 0.15) is 51.5 Å². The molecule has 2 unspecified atom stereocenters. The van der Waals surface area contributed by atoms with Crippen molar-refractivity contribution in [1.29, 1.82) is 0 Å². The van der Waals surface area contributed by atoms with E-state index in [0.29, 0.717) is 49.5 Å². The van der Waals surface area contributed by atoms with Gasteiger partial charge in [0, 0.05) is 69.9 Å². The number of piperazine rings is 1. The smallest absolute Gasteiger partial charge is 0.262 e. The van der Waals surface area contributed by atoms with Crippen LogP contribution >= 0.6 is 0 Å². The van der Waals surface area contributed by atoms with Crippen LogP contribution in [0.25, 0.3) is 11.9 Å². The predicted molar refractivity (Wildman–Crippen MR) is 221 cm³/mol. The van der Waals surface area contributed by atoms with Gasteiger partial charge in [0.2, 0.25) is 29.6 Å². The van der Waals surface area contributed by atoms with Gasteiger partial charge in [0.05, 0.1) is 43.5 Å². The van der Waals surface area contributed by atoms with E-state index in [1.54, 1.807) is 18.0 Å². The van der Waals surface area contributed by atoms with Gasteiger partial charge in [-0.05, 0) is 42.8 Å². The SMILES string of the molecule is C=CC(=O)N1CCN(c2nc(NCCC(=O)N(C)CCOCCOCCOc3ccc4c(c3)C(=O)N(C3CCC(=O)NC3=O)C4=O)nc3c2=CC(c2c(O)cccc2F)C=3F)CC1. The molecule has 3 aromatic rings. The van der Waals surface area contributed by atoms with Crippen LogP contribution in [0.15, 0.2) is 49.1 Å². The van der Waals surface area contributed by atoms with Gasteiger partial charge in [0.25, 0.3) is 11.8 Å². The summed E-state index contributed by atoms with van der Waals surface area (Å²) in [5, 5.41) is 15.9. The number of hydrogen-bond donors (Lipinski definition) is 3. The number of nitrogens with one attached hydrogen (secondary N) is 2. The number of fused-ring (bicyclic) bond motifs is 2. The van der Waals surface area contributed by atoms with Crippen LogP contribution in [0.5, 0.6) is 11.5 Å². The number of phenols is 1. The van der Waals surface area contributed by atoms with Crippen LogP contribution in [0.2, 0.25) is 0 Å². The number of piperidine rings is 1. The molecule has 18 nitrogen and oxygen atoms in total. The van der Waals surface area contributed by atoms with Crippen molar-refractivity contribution in [3.63, 3.8) is 0 Å². The average Bonchev–Trinajstić information content (AvgIpc) is 3.72. The number of ether oxygens (including phenoxy) is 3. The highest BCUT2D eigenvalue weighted by Gasteiger charge is 2.44. The number of benzene rings is 2. The first-order valence-electron chi connectivity index (χ1n) is 20.4. The number of phenolic OH excluding ortho intramolecular Hbond substituents is 1. The van der Waals surface area contributed by atoms with E-state index in [-0.39, 0.29) is 98.6 Å². The summed E-state index contributed by atoms with van der Waals surface area (Å²) in [6.45, 7) is 6.50. The first-order chi connectivity index (χ1) is 30.4. The van der Waals surface area contributed by atoms with E-state index in [1.807, 2.05) is 4.90 Å². The van der Waals surface area contributed by atoms with Crippen LogP contribution in [-0.4, -0.2) is 151 Å². The third-order valence-corrected chi connectivity index (χ3v) is 11.1. The van der Waals surface area contributed by atoms with Crippen molar-refractivity contribution in [1.82, 2.24) is 30.0 Å². The molecule has 3 aliphatic heterocycles. The normalized spacial score (nSPS) is 18.2. The molecular formula is C43H46F2N8O10. The number of rotatable bonds is 18. The zero-order chi connectivity index (χ0) is 44.8. The van der Waals surface area contributed by atoms with Crippen molar-refractivity contribution in [2.45, 2.75) is 31.2 Å². The molecule has 6 amide bonds. The summed E-state index contributed by atoms with van der Waals surface area (Å²) in [5.41, 5.74) is 0.0400. The monoisotopic (exact) mass is 872 g/mol. The minimum Gasteiger partial charge on any atom is -0.508 e. The molecular weight excluding hydrogens is 827 g/mol. The fraction of sp³-hybridized carbons (Fsp3) is 0.395. The minimum absolute atomic E-state index is 0.0277. The minimum atomic E-state index is -1.24. The number of amides is 6. The maximum absolute atomic E-state index is 16.1. The number of carbonyl (C=O) groups is 6. The maximum Gasteiger partial charge on any atom is 0.262 e. The van der Waals surface area contributed by atoms with E-state index >= 15 is 4.39 Å². The third kappa shape index (κ3) is 9.66. The van der Waals surface area contributed by atoms with Gasteiger partial charge < -0.3 is 39.3 Å². The van der Waals surface area contributed by atoms with Crippen LogP contribution in [-0.2, 0) is 28.7 Å². The van der Waals surface area contributed by atoms with Gasteiger partial charge in [0.15, 0.2) is 0 Å². The highest BCUT2D eigenvalue weighted by atomic mass is 19.1. The van der Waals surface area contributed by atoms with E-state index in [2.05, 4.69) is 27.2 Å². The van der Waals surface area contributed by atoms with E-state index in [0.717, 1.165) is 11.0 Å². The molecule has 332 valence electrons. The number of likely N-dealkylation sites (N-methyl/N-ethyl adjacent to an activating group) is 1. The summed E-state index contributed by atoms with van der Waals surface area (Å²) in [6.07, 6.45) is 2.87. The lowest BCUT2D eigenvalue weighted by Crippen LogP contribution is -2.54. The zero-order valence-corrected chi connectivity index (χ0v) is 34.4. The number of aromatic hydroxyl groups is 1. The third-order valence-electron chi connectivity index (χ3n) is 11.1. The van der Waals surface area contributed by atoms with Gasteiger partial charge in [-0.1, -0.05) is 18.7 Å². The number of aromatic nitrogens is 2. The molecule has 7 rings (SSSR count). The van der Waals surface area contributed by atoms with E-state index in [1.165, 1.54) is 41.3 Å². The van der Waals surface area contributed by atoms with Crippen LogP contribution in [0.4, 0.5) is 20.5 Å². The Hall–Kier alpha value is -6.80. The fourth-order valence-corrected chi connectivity index (χ4v) is 7.69. The Kier molecular flexibility index (Phi) is 13.7. The fourth-order valence-electron chi connectivity index (χ4n) is 7.69. The van der Waals surface area contributed by atoms with Crippen LogP contribution in [0.3, 0.4) is 0 Å². The van der Waals surface area contributed by atoms with Gasteiger partial charge in [0.1, 0.15) is 47.0 Å². The Balaban J connectivity index is 0.836. The van der Waals surface area contributed by atoms with Crippen molar-refractivity contribution in [2.24, 2.45) is 0 Å². The number of anilines is 2. The van der Waals surface area contributed by atoms with Crippen molar-refractivity contribution in [2.75, 3.05) is 89.6 Å². The highest BCUT2D eigenvalue weighted by molar-refractivity contribution is 6.23. The molecule has 4 aliphatic rings. The Bertz CT molecular complexity index is 2440. The molecule has 0 saturated carbocycles. The summed E-state index contributed by atoms with van der Waals surface area (Å²) in [5.74, 6) is -5.18. The Morgan fingerprint density at radius 3 is 2.44 bits per heavy atom. The number of imide groups is 2. The largest absolute Gasteiger partial charge is 0.508 e. The average molecular weight is 873 g/mol.